The minimum Gasteiger partial charge on any atom is -0.491 e. The molecule has 5 rings (SSSR count). The average molecular weight is 453 g/mol. The van der Waals surface area contributed by atoms with Crippen molar-refractivity contribution in [1.29, 1.82) is 0 Å². The van der Waals surface area contributed by atoms with Crippen molar-refractivity contribution in [2.45, 2.75) is 6.54 Å². The summed E-state index contributed by atoms with van der Waals surface area (Å²) in [6.45, 7) is 1.68. The van der Waals surface area contributed by atoms with Crippen molar-refractivity contribution in [2.24, 2.45) is 0 Å². The molecule has 0 saturated heterocycles. The number of fused-ring (bicyclic) bond motifs is 1. The summed E-state index contributed by atoms with van der Waals surface area (Å²) in [5.41, 5.74) is 5.84. The second-order valence-electron chi connectivity index (χ2n) is 7.66. The highest BCUT2D eigenvalue weighted by molar-refractivity contribution is 5.64. The Labute approximate surface area is 197 Å². The first kappa shape index (κ1) is 21.5. The molecule has 4 heterocycles. The minimum atomic E-state index is 0.493. The molecule has 5 aromatic rings. The number of pyridine rings is 2. The maximum absolute atomic E-state index is 5.68. The highest BCUT2D eigenvalue weighted by Crippen LogP contribution is 2.23. The van der Waals surface area contributed by atoms with Crippen molar-refractivity contribution >= 4 is 11.5 Å². The van der Waals surface area contributed by atoms with Gasteiger partial charge in [-0.1, -0.05) is 30.3 Å². The molecule has 0 fully saturated rings. The van der Waals surface area contributed by atoms with E-state index in [1.165, 1.54) is 0 Å². The molecule has 0 unspecified atom stereocenters. The maximum Gasteiger partial charge on any atom is 0.140 e. The summed E-state index contributed by atoms with van der Waals surface area (Å²) in [6.07, 6.45) is 8.94. The van der Waals surface area contributed by atoms with E-state index in [0.717, 1.165) is 45.3 Å². The third-order valence-electron chi connectivity index (χ3n) is 5.39. The van der Waals surface area contributed by atoms with Crippen LogP contribution in [0.3, 0.4) is 0 Å². The quantitative estimate of drug-likeness (QED) is 0.330. The number of methoxy groups -OCH3 is 1. The zero-order chi connectivity index (χ0) is 23.2. The van der Waals surface area contributed by atoms with Crippen LogP contribution < -0.4 is 10.1 Å². The predicted molar refractivity (Wildman–Crippen MR) is 131 cm³/mol. The summed E-state index contributed by atoms with van der Waals surface area (Å²) in [6, 6.07) is 18.1. The Bertz CT molecular complexity index is 1370. The summed E-state index contributed by atoms with van der Waals surface area (Å²) in [5, 5.41) is 3.38. The fourth-order valence-electron chi connectivity index (χ4n) is 3.62. The van der Waals surface area contributed by atoms with Crippen LogP contribution in [0.15, 0.2) is 85.7 Å². The Hall–Kier alpha value is -4.30. The molecule has 0 aliphatic heterocycles. The molecule has 0 aliphatic carbocycles. The van der Waals surface area contributed by atoms with Crippen LogP contribution in [0.2, 0.25) is 0 Å². The van der Waals surface area contributed by atoms with Gasteiger partial charge in [-0.15, -0.1) is 0 Å². The van der Waals surface area contributed by atoms with E-state index < -0.39 is 0 Å². The lowest BCUT2D eigenvalue weighted by Gasteiger charge is -2.09. The number of aromatic nitrogens is 5. The van der Waals surface area contributed by atoms with Gasteiger partial charge >= 0.3 is 0 Å². The molecule has 0 aliphatic rings. The molecule has 1 aromatic carbocycles. The number of rotatable bonds is 9. The van der Waals surface area contributed by atoms with Crippen molar-refractivity contribution in [3.8, 4) is 28.3 Å². The van der Waals surface area contributed by atoms with Crippen molar-refractivity contribution < 1.29 is 9.47 Å². The van der Waals surface area contributed by atoms with E-state index in [2.05, 4.69) is 55.6 Å². The molecule has 4 aromatic heterocycles. The van der Waals surface area contributed by atoms with Crippen molar-refractivity contribution in [3.05, 3.63) is 91.3 Å². The number of imidazole rings is 1. The molecule has 0 saturated carbocycles. The number of hydrogen-bond acceptors (Lipinski definition) is 7. The van der Waals surface area contributed by atoms with Crippen LogP contribution in [0.4, 0.5) is 5.82 Å². The molecular weight excluding hydrogens is 428 g/mol. The van der Waals surface area contributed by atoms with Crippen LogP contribution in [0.25, 0.3) is 28.2 Å². The molecular formula is C26H24N6O2. The summed E-state index contributed by atoms with van der Waals surface area (Å²) in [7, 11) is 1.65. The van der Waals surface area contributed by atoms with Crippen LogP contribution >= 0.6 is 0 Å². The standard InChI is InChI=1S/C26H24N6O2/c1-33-11-12-34-22-8-10-32-24(17-29-26(32)13-22)23-14-25(31-18-30-23)28-15-19-4-6-20(7-5-19)21-3-2-9-27-16-21/h2-10,13-14,16-18H,11-12,15H2,1H3,(H,28,30,31). The van der Waals surface area contributed by atoms with Gasteiger partial charge in [0.25, 0.3) is 0 Å². The SMILES string of the molecule is COCCOc1ccn2c(-c3cc(NCc4ccc(-c5cccnc5)cc4)ncn3)cnc2c1. The summed E-state index contributed by atoms with van der Waals surface area (Å²) >= 11 is 0. The van der Waals surface area contributed by atoms with Crippen LogP contribution in [-0.4, -0.2) is 44.7 Å². The van der Waals surface area contributed by atoms with Crippen LogP contribution in [0.1, 0.15) is 5.56 Å². The molecule has 0 spiro atoms. The van der Waals surface area contributed by atoms with Gasteiger partial charge < -0.3 is 14.8 Å². The number of nitrogens with zero attached hydrogens (tertiary/aromatic N) is 5. The topological polar surface area (TPSA) is 86.5 Å². The van der Waals surface area contributed by atoms with Crippen molar-refractivity contribution in [1.82, 2.24) is 24.3 Å². The normalized spacial score (nSPS) is 11.0. The number of ether oxygens (including phenoxy) is 2. The first-order chi connectivity index (χ1) is 16.8. The molecule has 34 heavy (non-hydrogen) atoms. The van der Waals surface area contributed by atoms with Crippen LogP contribution in [0.5, 0.6) is 5.75 Å². The van der Waals surface area contributed by atoms with Gasteiger partial charge in [-0.05, 0) is 28.8 Å². The van der Waals surface area contributed by atoms with Gasteiger partial charge in [0.05, 0.1) is 24.2 Å². The number of anilines is 1. The smallest absolute Gasteiger partial charge is 0.140 e. The van der Waals surface area contributed by atoms with Gasteiger partial charge in [-0.25, -0.2) is 15.0 Å². The van der Waals surface area contributed by atoms with Gasteiger partial charge in [0.1, 0.15) is 30.1 Å². The van der Waals surface area contributed by atoms with Gasteiger partial charge in [0.2, 0.25) is 0 Å². The van der Waals surface area contributed by atoms with E-state index in [1.807, 2.05) is 41.1 Å². The zero-order valence-electron chi connectivity index (χ0n) is 18.8. The summed E-state index contributed by atoms with van der Waals surface area (Å²) in [5.74, 6) is 1.50. The highest BCUT2D eigenvalue weighted by Gasteiger charge is 2.10. The summed E-state index contributed by atoms with van der Waals surface area (Å²) < 4.78 is 12.7. The largest absolute Gasteiger partial charge is 0.491 e. The van der Waals surface area contributed by atoms with Gasteiger partial charge in [0, 0.05) is 44.4 Å². The molecule has 0 bridgehead atoms. The highest BCUT2D eigenvalue weighted by atomic mass is 16.5. The molecule has 0 atom stereocenters. The van der Waals surface area contributed by atoms with E-state index in [9.17, 15) is 0 Å². The minimum absolute atomic E-state index is 0.493. The van der Waals surface area contributed by atoms with Crippen LogP contribution in [0, 0.1) is 0 Å². The molecule has 1 N–H and O–H groups in total. The monoisotopic (exact) mass is 452 g/mol. The zero-order valence-corrected chi connectivity index (χ0v) is 18.8. The number of hydrogen-bond donors (Lipinski definition) is 1. The lowest BCUT2D eigenvalue weighted by atomic mass is 10.1. The fourth-order valence-corrected chi connectivity index (χ4v) is 3.62. The Balaban J connectivity index is 1.28. The lowest BCUT2D eigenvalue weighted by Crippen LogP contribution is -2.04. The Kier molecular flexibility index (Phi) is 6.40. The molecule has 170 valence electrons. The Morgan fingerprint density at radius 1 is 0.912 bits per heavy atom. The number of nitrogens with one attached hydrogen (secondary N) is 1. The Morgan fingerprint density at radius 2 is 1.82 bits per heavy atom. The Morgan fingerprint density at radius 3 is 2.65 bits per heavy atom. The molecule has 0 amide bonds. The second kappa shape index (κ2) is 10.1. The van der Waals surface area contributed by atoms with E-state index in [0.29, 0.717) is 19.8 Å². The molecule has 0 radical (unpaired) electrons. The van der Waals surface area contributed by atoms with E-state index >= 15 is 0 Å². The fraction of sp³-hybridized carbons (Fsp3) is 0.154. The van der Waals surface area contributed by atoms with Crippen LogP contribution in [-0.2, 0) is 11.3 Å². The van der Waals surface area contributed by atoms with Gasteiger partial charge in [0.15, 0.2) is 0 Å². The number of benzene rings is 1. The van der Waals surface area contributed by atoms with E-state index in [4.69, 9.17) is 9.47 Å². The lowest BCUT2D eigenvalue weighted by molar-refractivity contribution is 0.146. The van der Waals surface area contributed by atoms with E-state index in [-0.39, 0.29) is 0 Å². The van der Waals surface area contributed by atoms with Gasteiger partial charge in [-0.3, -0.25) is 9.38 Å². The first-order valence-corrected chi connectivity index (χ1v) is 10.9. The van der Waals surface area contributed by atoms with E-state index in [1.54, 1.807) is 25.8 Å². The predicted octanol–water partition coefficient (Wildman–Crippen LogP) is 4.49. The third kappa shape index (κ3) is 4.87. The maximum atomic E-state index is 5.68. The first-order valence-electron chi connectivity index (χ1n) is 10.9. The van der Waals surface area contributed by atoms with Gasteiger partial charge in [-0.2, -0.15) is 0 Å². The summed E-state index contributed by atoms with van der Waals surface area (Å²) in [4.78, 5) is 17.5. The molecule has 8 heteroatoms. The second-order valence-corrected chi connectivity index (χ2v) is 7.66. The van der Waals surface area contributed by atoms with Crippen molar-refractivity contribution in [3.63, 3.8) is 0 Å². The van der Waals surface area contributed by atoms with Crippen molar-refractivity contribution in [2.75, 3.05) is 25.6 Å². The molecule has 8 nitrogen and oxygen atoms in total. The third-order valence-corrected chi connectivity index (χ3v) is 5.39. The average Bonchev–Trinajstić information content (AvgIpc) is 3.32.